The van der Waals surface area contributed by atoms with Crippen molar-refractivity contribution >= 4 is 92.9 Å². The van der Waals surface area contributed by atoms with Crippen LogP contribution in [0, 0.1) is 0 Å². The first-order valence-electron chi connectivity index (χ1n) is 19.9. The number of anilines is 3. The number of rotatable bonds is 5. The summed E-state index contributed by atoms with van der Waals surface area (Å²) in [6, 6.07) is 77.0. The number of fused-ring (bicyclic) bond motifs is 10. The van der Waals surface area contributed by atoms with Crippen molar-refractivity contribution in [3.63, 3.8) is 0 Å². The van der Waals surface area contributed by atoms with Crippen LogP contribution in [-0.4, -0.2) is 0 Å². The van der Waals surface area contributed by atoms with Gasteiger partial charge in [0.05, 0.1) is 5.69 Å². The van der Waals surface area contributed by atoms with Crippen molar-refractivity contribution in [3.8, 4) is 22.3 Å². The minimum absolute atomic E-state index is 0.864. The smallest absolute Gasteiger partial charge is 0.143 e. The summed E-state index contributed by atoms with van der Waals surface area (Å²) >= 11 is 0. The SMILES string of the molecule is c1ccc(-c2ccc(N(c3ccc4oc5c(-c6cc7ccccc7c7ccccc67)c6ccccc6cc5c4c3)c3cc4ccccc4c4ccccc34)cc2)cc1. The molecule has 12 rings (SSSR count). The fourth-order valence-corrected chi connectivity index (χ4v) is 9.31. The van der Waals surface area contributed by atoms with Crippen LogP contribution in [-0.2, 0) is 0 Å². The standard InChI is InChI=1S/C56H35NO/c1-2-14-36(15-3-1)37-26-28-41(29-27-37)57(53-34-40-18-5-8-20-44(40)47-23-12-13-25-49(47)53)42-30-31-54-50(35-42)52-33-39-17-6-9-21-45(39)55(56(52)58-54)51-32-38-16-4-7-19-43(38)46-22-10-11-24-48(46)51/h1-35H. The van der Waals surface area contributed by atoms with Crippen LogP contribution in [0.5, 0.6) is 0 Å². The zero-order valence-corrected chi connectivity index (χ0v) is 31.6. The predicted molar refractivity (Wildman–Crippen MR) is 247 cm³/mol. The first-order valence-corrected chi connectivity index (χ1v) is 19.9. The summed E-state index contributed by atoms with van der Waals surface area (Å²) in [6.45, 7) is 0. The van der Waals surface area contributed by atoms with Gasteiger partial charge in [0.1, 0.15) is 11.2 Å². The number of hydrogen-bond donors (Lipinski definition) is 0. The van der Waals surface area contributed by atoms with Gasteiger partial charge in [-0.25, -0.2) is 0 Å². The van der Waals surface area contributed by atoms with Crippen LogP contribution in [0.25, 0.3) is 98.1 Å². The van der Waals surface area contributed by atoms with Crippen molar-refractivity contribution in [1.29, 1.82) is 0 Å². The minimum Gasteiger partial charge on any atom is -0.455 e. The molecule has 0 radical (unpaired) electrons. The molecule has 0 spiro atoms. The number of furan rings is 1. The van der Waals surface area contributed by atoms with E-state index in [4.69, 9.17) is 4.42 Å². The second-order valence-corrected chi connectivity index (χ2v) is 15.2. The van der Waals surface area contributed by atoms with Gasteiger partial charge in [0.2, 0.25) is 0 Å². The zero-order chi connectivity index (χ0) is 38.2. The lowest BCUT2D eigenvalue weighted by atomic mass is 9.89. The molecule has 12 aromatic rings. The summed E-state index contributed by atoms with van der Waals surface area (Å²) in [6.07, 6.45) is 0. The van der Waals surface area contributed by atoms with Crippen molar-refractivity contribution in [1.82, 2.24) is 0 Å². The maximum atomic E-state index is 7.03. The molecule has 270 valence electrons. The second-order valence-electron chi connectivity index (χ2n) is 15.2. The maximum absolute atomic E-state index is 7.03. The average molecular weight is 738 g/mol. The third-order valence-corrected chi connectivity index (χ3v) is 12.0. The summed E-state index contributed by atoms with van der Waals surface area (Å²) in [5.41, 5.74) is 9.73. The van der Waals surface area contributed by atoms with E-state index in [0.717, 1.165) is 44.6 Å². The molecule has 0 bridgehead atoms. The topological polar surface area (TPSA) is 16.4 Å². The highest BCUT2D eigenvalue weighted by atomic mass is 16.3. The Hall–Kier alpha value is -7.68. The van der Waals surface area contributed by atoms with Crippen LogP contribution in [0.3, 0.4) is 0 Å². The van der Waals surface area contributed by atoms with E-state index < -0.39 is 0 Å². The quantitative estimate of drug-likeness (QED) is 0.164. The van der Waals surface area contributed by atoms with Gasteiger partial charge in [0, 0.05) is 33.1 Å². The molecule has 1 aromatic heterocycles. The van der Waals surface area contributed by atoms with Crippen LogP contribution in [0.2, 0.25) is 0 Å². The molecule has 0 fully saturated rings. The summed E-state index contributed by atoms with van der Waals surface area (Å²) < 4.78 is 7.03. The van der Waals surface area contributed by atoms with Crippen LogP contribution in [0.15, 0.2) is 217 Å². The van der Waals surface area contributed by atoms with Gasteiger partial charge >= 0.3 is 0 Å². The Balaban J connectivity index is 1.13. The Kier molecular flexibility index (Phi) is 7.26. The lowest BCUT2D eigenvalue weighted by Crippen LogP contribution is -2.10. The van der Waals surface area contributed by atoms with Crippen LogP contribution >= 0.6 is 0 Å². The molecule has 0 atom stereocenters. The van der Waals surface area contributed by atoms with Gasteiger partial charge in [0.15, 0.2) is 0 Å². The number of benzene rings is 11. The fourth-order valence-electron chi connectivity index (χ4n) is 9.31. The van der Waals surface area contributed by atoms with E-state index in [1.54, 1.807) is 0 Å². The molecule has 0 saturated heterocycles. The molecule has 58 heavy (non-hydrogen) atoms. The summed E-state index contributed by atoms with van der Waals surface area (Å²) in [7, 11) is 0. The van der Waals surface area contributed by atoms with Crippen LogP contribution in [0.1, 0.15) is 0 Å². The zero-order valence-electron chi connectivity index (χ0n) is 31.6. The summed E-state index contributed by atoms with van der Waals surface area (Å²) in [5, 5.41) is 14.4. The summed E-state index contributed by atoms with van der Waals surface area (Å²) in [5.74, 6) is 0. The molecule has 2 nitrogen and oxygen atoms in total. The van der Waals surface area contributed by atoms with Crippen LogP contribution < -0.4 is 4.90 Å². The number of nitrogens with zero attached hydrogens (tertiary/aromatic N) is 1. The van der Waals surface area contributed by atoms with E-state index in [1.165, 1.54) is 70.6 Å². The van der Waals surface area contributed by atoms with Gasteiger partial charge in [-0.1, -0.05) is 164 Å². The van der Waals surface area contributed by atoms with Crippen molar-refractivity contribution in [2.75, 3.05) is 4.90 Å². The minimum atomic E-state index is 0.864. The molecule has 0 amide bonds. The van der Waals surface area contributed by atoms with E-state index in [9.17, 15) is 0 Å². The lowest BCUT2D eigenvalue weighted by molar-refractivity contribution is 0.670. The molecular formula is C56H35NO. The summed E-state index contributed by atoms with van der Waals surface area (Å²) in [4.78, 5) is 2.42. The molecule has 0 saturated carbocycles. The highest BCUT2D eigenvalue weighted by Gasteiger charge is 2.22. The highest BCUT2D eigenvalue weighted by molar-refractivity contribution is 6.24. The first kappa shape index (κ1) is 32.6. The van der Waals surface area contributed by atoms with E-state index >= 15 is 0 Å². The Morgan fingerprint density at radius 2 is 0.828 bits per heavy atom. The van der Waals surface area contributed by atoms with Crippen molar-refractivity contribution in [2.24, 2.45) is 0 Å². The monoisotopic (exact) mass is 737 g/mol. The third-order valence-electron chi connectivity index (χ3n) is 12.0. The van der Waals surface area contributed by atoms with Gasteiger partial charge in [-0.2, -0.15) is 0 Å². The highest BCUT2D eigenvalue weighted by Crippen LogP contribution is 2.48. The van der Waals surface area contributed by atoms with Crippen molar-refractivity contribution in [2.45, 2.75) is 0 Å². The molecule has 1 heterocycles. The molecule has 0 unspecified atom stereocenters. The molecule has 0 aliphatic carbocycles. The fraction of sp³-hybridized carbons (Fsp3) is 0. The molecule has 0 N–H and O–H groups in total. The second kappa shape index (κ2) is 12.9. The third kappa shape index (κ3) is 5.05. The van der Waals surface area contributed by atoms with E-state index in [1.807, 2.05) is 0 Å². The van der Waals surface area contributed by atoms with E-state index in [-0.39, 0.29) is 0 Å². The predicted octanol–water partition coefficient (Wildman–Crippen LogP) is 16.2. The van der Waals surface area contributed by atoms with E-state index in [0.29, 0.717) is 0 Å². The molecular weight excluding hydrogens is 703 g/mol. The number of hydrogen-bond acceptors (Lipinski definition) is 2. The van der Waals surface area contributed by atoms with Crippen molar-refractivity contribution < 1.29 is 4.42 Å². The first-order chi connectivity index (χ1) is 28.8. The van der Waals surface area contributed by atoms with Crippen molar-refractivity contribution in [3.05, 3.63) is 212 Å². The normalized spacial score (nSPS) is 11.8. The van der Waals surface area contributed by atoms with Crippen LogP contribution in [0.4, 0.5) is 17.1 Å². The van der Waals surface area contributed by atoms with Gasteiger partial charge in [-0.15, -0.1) is 0 Å². The Bertz CT molecular complexity index is 3560. The Morgan fingerprint density at radius 1 is 0.310 bits per heavy atom. The molecule has 0 aliphatic heterocycles. The van der Waals surface area contributed by atoms with Gasteiger partial charge in [0.25, 0.3) is 0 Å². The average Bonchev–Trinajstić information content (AvgIpc) is 3.66. The van der Waals surface area contributed by atoms with Gasteiger partial charge in [-0.05, 0) is 114 Å². The Morgan fingerprint density at radius 3 is 1.53 bits per heavy atom. The largest absolute Gasteiger partial charge is 0.455 e. The van der Waals surface area contributed by atoms with Gasteiger partial charge < -0.3 is 9.32 Å². The Labute approximate surface area is 335 Å². The molecule has 2 heteroatoms. The lowest BCUT2D eigenvalue weighted by Gasteiger charge is -2.28. The molecule has 11 aromatic carbocycles. The van der Waals surface area contributed by atoms with Gasteiger partial charge in [-0.3, -0.25) is 0 Å². The molecule has 0 aliphatic rings. The van der Waals surface area contributed by atoms with E-state index in [2.05, 4.69) is 217 Å². The maximum Gasteiger partial charge on any atom is 0.143 e.